The highest BCUT2D eigenvalue weighted by Gasteiger charge is 2.23. The van der Waals surface area contributed by atoms with Crippen LogP contribution >= 0.6 is 0 Å². The van der Waals surface area contributed by atoms with Gasteiger partial charge in [-0.2, -0.15) is 0 Å². The van der Waals surface area contributed by atoms with Crippen LogP contribution in [0.3, 0.4) is 0 Å². The normalized spacial score (nSPS) is 17.0. The van der Waals surface area contributed by atoms with Crippen LogP contribution in [0.5, 0.6) is 0 Å². The van der Waals surface area contributed by atoms with Crippen LogP contribution in [0.25, 0.3) is 0 Å². The van der Waals surface area contributed by atoms with Gasteiger partial charge in [0.15, 0.2) is 5.96 Å². The molecule has 0 radical (unpaired) electrons. The van der Waals surface area contributed by atoms with E-state index in [0.29, 0.717) is 19.0 Å². The van der Waals surface area contributed by atoms with E-state index in [1.165, 1.54) is 4.90 Å². The molecule has 8 nitrogen and oxygen atoms in total. The molecule has 1 atom stereocenters. The Morgan fingerprint density at radius 2 is 1.96 bits per heavy atom. The van der Waals surface area contributed by atoms with Crippen molar-refractivity contribution in [2.24, 2.45) is 4.99 Å². The molecule has 0 aliphatic carbocycles. The van der Waals surface area contributed by atoms with Gasteiger partial charge in [0.2, 0.25) is 11.8 Å². The summed E-state index contributed by atoms with van der Waals surface area (Å²) in [5.74, 6) is 0.779. The quantitative estimate of drug-likeness (QED) is 0.479. The van der Waals surface area contributed by atoms with Gasteiger partial charge in [0.1, 0.15) is 6.54 Å². The van der Waals surface area contributed by atoms with Crippen molar-refractivity contribution in [2.75, 3.05) is 47.4 Å². The van der Waals surface area contributed by atoms with Crippen molar-refractivity contribution >= 4 is 17.8 Å². The first kappa shape index (κ1) is 22.2. The molecule has 1 saturated heterocycles. The molecule has 8 heteroatoms. The highest BCUT2D eigenvalue weighted by Crippen LogP contribution is 2.11. The number of methoxy groups -OCH3 is 1. The van der Waals surface area contributed by atoms with Crippen LogP contribution in [-0.4, -0.2) is 87.1 Å². The van der Waals surface area contributed by atoms with Crippen LogP contribution < -0.4 is 10.6 Å². The maximum atomic E-state index is 12.1. The average Bonchev–Trinajstić information content (AvgIpc) is 2.64. The third-order valence-corrected chi connectivity index (χ3v) is 4.58. The Hall–Kier alpha value is -1.83. The van der Waals surface area contributed by atoms with E-state index in [2.05, 4.69) is 29.5 Å². The summed E-state index contributed by atoms with van der Waals surface area (Å²) in [7, 11) is 5.06. The summed E-state index contributed by atoms with van der Waals surface area (Å²) in [5, 5.41) is 6.76. The molecule has 0 saturated carbocycles. The first-order chi connectivity index (χ1) is 12.4. The van der Waals surface area contributed by atoms with Gasteiger partial charge >= 0.3 is 0 Å². The summed E-state index contributed by atoms with van der Waals surface area (Å²) in [6, 6.07) is 0.512. The number of aliphatic imine (C=N–C) groups is 1. The molecule has 0 aromatic heterocycles. The SMILES string of the molecule is CCC(C)NC(=NCC(=O)N(C)C)NC1CCN(C(=O)CCOC)CC1. The number of likely N-dealkylation sites (N-methyl/N-ethyl adjacent to an activating group) is 1. The lowest BCUT2D eigenvalue weighted by molar-refractivity contribution is -0.133. The predicted octanol–water partition coefficient (Wildman–Crippen LogP) is 0.436. The van der Waals surface area contributed by atoms with Crippen molar-refractivity contribution in [3.8, 4) is 0 Å². The number of amides is 2. The lowest BCUT2D eigenvalue weighted by Gasteiger charge is -2.33. The molecule has 1 unspecified atom stereocenters. The van der Waals surface area contributed by atoms with Gasteiger partial charge in [0, 0.05) is 46.4 Å². The maximum Gasteiger partial charge on any atom is 0.243 e. The van der Waals surface area contributed by atoms with Gasteiger partial charge in [-0.25, -0.2) is 4.99 Å². The number of ether oxygens (including phenoxy) is 1. The topological polar surface area (TPSA) is 86.3 Å². The highest BCUT2D eigenvalue weighted by molar-refractivity contribution is 5.85. The summed E-state index contributed by atoms with van der Waals surface area (Å²) in [6.07, 6.45) is 3.13. The van der Waals surface area contributed by atoms with Crippen LogP contribution in [0.2, 0.25) is 0 Å². The van der Waals surface area contributed by atoms with E-state index >= 15 is 0 Å². The van der Waals surface area contributed by atoms with Crippen LogP contribution in [0.1, 0.15) is 39.5 Å². The van der Waals surface area contributed by atoms with Crippen molar-refractivity contribution < 1.29 is 14.3 Å². The minimum absolute atomic E-state index is 0.0335. The van der Waals surface area contributed by atoms with Gasteiger partial charge < -0.3 is 25.2 Å². The van der Waals surface area contributed by atoms with Gasteiger partial charge in [-0.15, -0.1) is 0 Å². The van der Waals surface area contributed by atoms with E-state index in [0.717, 1.165) is 32.4 Å². The zero-order valence-electron chi connectivity index (χ0n) is 16.9. The maximum absolute atomic E-state index is 12.1. The molecular formula is C18H35N5O3. The lowest BCUT2D eigenvalue weighted by Crippen LogP contribution is -2.51. The third-order valence-electron chi connectivity index (χ3n) is 4.58. The first-order valence-electron chi connectivity index (χ1n) is 9.41. The Labute approximate surface area is 157 Å². The number of hydrogen-bond donors (Lipinski definition) is 2. The zero-order valence-corrected chi connectivity index (χ0v) is 16.9. The minimum Gasteiger partial charge on any atom is -0.384 e. The van der Waals surface area contributed by atoms with E-state index in [-0.39, 0.29) is 30.4 Å². The van der Waals surface area contributed by atoms with Gasteiger partial charge in [-0.3, -0.25) is 9.59 Å². The smallest absolute Gasteiger partial charge is 0.243 e. The van der Waals surface area contributed by atoms with E-state index < -0.39 is 0 Å². The second-order valence-electron chi connectivity index (χ2n) is 6.95. The molecule has 26 heavy (non-hydrogen) atoms. The van der Waals surface area contributed by atoms with Crippen LogP contribution in [-0.2, 0) is 14.3 Å². The van der Waals surface area contributed by atoms with Gasteiger partial charge in [-0.1, -0.05) is 6.92 Å². The number of rotatable bonds is 8. The molecule has 1 fully saturated rings. The number of carbonyl (C=O) groups is 2. The van der Waals surface area contributed by atoms with Crippen molar-refractivity contribution in [1.82, 2.24) is 20.4 Å². The second kappa shape index (κ2) is 11.7. The number of nitrogens with one attached hydrogen (secondary N) is 2. The molecule has 1 aliphatic heterocycles. The summed E-state index contributed by atoms with van der Waals surface area (Å²) >= 11 is 0. The van der Waals surface area contributed by atoms with E-state index in [9.17, 15) is 9.59 Å². The highest BCUT2D eigenvalue weighted by atomic mass is 16.5. The zero-order chi connectivity index (χ0) is 19.5. The van der Waals surface area contributed by atoms with Gasteiger partial charge in [0.05, 0.1) is 13.0 Å². The Balaban J connectivity index is 2.56. The van der Waals surface area contributed by atoms with Crippen LogP contribution in [0.4, 0.5) is 0 Å². The van der Waals surface area contributed by atoms with Crippen molar-refractivity contribution in [2.45, 2.75) is 51.6 Å². The largest absolute Gasteiger partial charge is 0.384 e. The van der Waals surface area contributed by atoms with Crippen molar-refractivity contribution in [1.29, 1.82) is 0 Å². The van der Waals surface area contributed by atoms with E-state index in [4.69, 9.17) is 4.74 Å². The molecule has 2 amide bonds. The molecule has 1 rings (SSSR count). The summed E-state index contributed by atoms with van der Waals surface area (Å²) in [6.45, 7) is 6.23. The standard InChI is InChI=1S/C18H35N5O3/c1-6-14(2)20-18(19-13-17(25)22(3)4)21-15-7-10-23(11-8-15)16(24)9-12-26-5/h14-15H,6-13H2,1-5H3,(H2,19,20,21). The molecule has 1 aliphatic rings. The lowest BCUT2D eigenvalue weighted by atomic mass is 10.0. The predicted molar refractivity (Wildman–Crippen MR) is 103 cm³/mol. The fourth-order valence-electron chi connectivity index (χ4n) is 2.57. The number of hydrogen-bond acceptors (Lipinski definition) is 4. The molecular weight excluding hydrogens is 334 g/mol. The van der Waals surface area contributed by atoms with Gasteiger partial charge in [-0.05, 0) is 26.2 Å². The van der Waals surface area contributed by atoms with E-state index in [1.54, 1.807) is 21.2 Å². The fraction of sp³-hybridized carbons (Fsp3) is 0.833. The number of likely N-dealkylation sites (tertiary alicyclic amines) is 1. The molecule has 1 heterocycles. The Kier molecular flexibility index (Phi) is 10.0. The van der Waals surface area contributed by atoms with Crippen molar-refractivity contribution in [3.05, 3.63) is 0 Å². The summed E-state index contributed by atoms with van der Waals surface area (Å²) in [4.78, 5) is 31.7. The second-order valence-corrected chi connectivity index (χ2v) is 6.95. The number of nitrogens with zero attached hydrogens (tertiary/aromatic N) is 3. The van der Waals surface area contributed by atoms with E-state index in [1.807, 2.05) is 4.90 Å². The van der Waals surface area contributed by atoms with Crippen LogP contribution in [0.15, 0.2) is 4.99 Å². The number of piperidine rings is 1. The number of guanidine groups is 1. The Morgan fingerprint density at radius 3 is 2.50 bits per heavy atom. The summed E-state index contributed by atoms with van der Waals surface area (Å²) < 4.78 is 4.97. The Morgan fingerprint density at radius 1 is 1.31 bits per heavy atom. The fourth-order valence-corrected chi connectivity index (χ4v) is 2.57. The third kappa shape index (κ3) is 8.03. The molecule has 150 valence electrons. The molecule has 2 N–H and O–H groups in total. The summed E-state index contributed by atoms with van der Waals surface area (Å²) in [5.41, 5.74) is 0. The average molecular weight is 370 g/mol. The Bertz CT molecular complexity index is 473. The number of carbonyl (C=O) groups excluding carboxylic acids is 2. The minimum atomic E-state index is -0.0335. The molecule has 0 aromatic carbocycles. The van der Waals surface area contributed by atoms with Gasteiger partial charge in [0.25, 0.3) is 0 Å². The first-order valence-corrected chi connectivity index (χ1v) is 9.41. The molecule has 0 spiro atoms. The monoisotopic (exact) mass is 369 g/mol. The van der Waals surface area contributed by atoms with Crippen molar-refractivity contribution in [3.63, 3.8) is 0 Å². The van der Waals surface area contributed by atoms with Crippen LogP contribution in [0, 0.1) is 0 Å². The molecule has 0 bridgehead atoms. The molecule has 0 aromatic rings.